The zero-order valence-corrected chi connectivity index (χ0v) is 18.3. The predicted octanol–water partition coefficient (Wildman–Crippen LogP) is 3.02. The second-order valence-corrected chi connectivity index (χ2v) is 10.8. The first-order valence-electron chi connectivity index (χ1n) is 9.69. The Morgan fingerprint density at radius 1 is 1.10 bits per heavy atom. The predicted molar refractivity (Wildman–Crippen MR) is 119 cm³/mol. The Hall–Kier alpha value is -1.16. The van der Waals surface area contributed by atoms with Gasteiger partial charge in [-0.25, -0.2) is 0 Å². The molecule has 5 nitrogen and oxygen atoms in total. The van der Waals surface area contributed by atoms with Gasteiger partial charge in [0.05, 0.1) is 24.6 Å². The number of rotatable bonds is 3. The molecule has 0 unspecified atom stereocenters. The van der Waals surface area contributed by atoms with E-state index in [2.05, 4.69) is 18.2 Å². The number of thiophene rings is 1. The van der Waals surface area contributed by atoms with Gasteiger partial charge in [-0.3, -0.25) is 0 Å². The van der Waals surface area contributed by atoms with E-state index >= 15 is 0 Å². The summed E-state index contributed by atoms with van der Waals surface area (Å²) in [6.07, 6.45) is -3.36. The van der Waals surface area contributed by atoms with Crippen molar-refractivity contribution in [2.24, 2.45) is 0 Å². The maximum atomic E-state index is 10.8. The van der Waals surface area contributed by atoms with Crippen molar-refractivity contribution < 1.29 is 25.2 Å². The van der Waals surface area contributed by atoms with Gasteiger partial charge < -0.3 is 25.2 Å². The van der Waals surface area contributed by atoms with Crippen molar-refractivity contribution >= 4 is 44.8 Å². The molecule has 0 saturated carbocycles. The summed E-state index contributed by atoms with van der Waals surface area (Å²) >= 11 is 9.45. The minimum Gasteiger partial charge on any atom is -0.395 e. The van der Waals surface area contributed by atoms with Gasteiger partial charge in [0.1, 0.15) is 12.2 Å². The summed E-state index contributed by atoms with van der Waals surface area (Å²) in [6, 6.07) is 14.2. The van der Waals surface area contributed by atoms with Gasteiger partial charge in [0.2, 0.25) is 0 Å². The number of halogens is 1. The van der Waals surface area contributed by atoms with E-state index < -0.39 is 28.5 Å². The molecule has 3 heterocycles. The molecule has 2 aromatic carbocycles. The topological polar surface area (TPSA) is 90.2 Å². The van der Waals surface area contributed by atoms with Crippen LogP contribution in [0.3, 0.4) is 0 Å². The smallest absolute Gasteiger partial charge is 0.168 e. The minimum atomic E-state index is -1.42. The summed E-state index contributed by atoms with van der Waals surface area (Å²) in [5.41, 5.74) is 2.48. The van der Waals surface area contributed by atoms with E-state index in [0.29, 0.717) is 11.4 Å². The molecule has 158 valence electrons. The maximum Gasteiger partial charge on any atom is 0.168 e. The minimum absolute atomic E-state index is 0.239. The second kappa shape index (κ2) is 7.76. The fraction of sp³-hybridized carbons (Fsp3) is 0.364. The number of hydrogen-bond donors (Lipinski definition) is 4. The summed E-state index contributed by atoms with van der Waals surface area (Å²) in [5.74, 6) is 0. The molecule has 4 N–H and O–H groups in total. The zero-order chi connectivity index (χ0) is 21.0. The van der Waals surface area contributed by atoms with Crippen molar-refractivity contribution in [3.05, 3.63) is 69.1 Å². The van der Waals surface area contributed by atoms with Gasteiger partial charge in [-0.15, -0.1) is 23.1 Å². The molecule has 0 aliphatic carbocycles. The fourth-order valence-electron chi connectivity index (χ4n) is 4.30. The SMILES string of the molecule is OC[C@H]1S[C@]2(OCc3cc(Cl)c(Cc4cc5ccccc5s4)cc32)[C@H](O)[C@@H](O)[C@@H]1O. The Labute approximate surface area is 186 Å². The molecule has 0 bridgehead atoms. The molecule has 0 radical (unpaired) electrons. The molecule has 1 fully saturated rings. The molecule has 1 saturated heterocycles. The molecule has 3 aromatic rings. The van der Waals surface area contributed by atoms with Crippen molar-refractivity contribution in [2.45, 2.75) is 41.5 Å². The highest BCUT2D eigenvalue weighted by molar-refractivity contribution is 8.00. The van der Waals surface area contributed by atoms with Crippen LogP contribution >= 0.6 is 34.7 Å². The average Bonchev–Trinajstić information content (AvgIpc) is 3.31. The number of aliphatic hydroxyl groups is 4. The van der Waals surface area contributed by atoms with E-state index in [9.17, 15) is 20.4 Å². The molecule has 2 aliphatic rings. The summed E-state index contributed by atoms with van der Waals surface area (Å²) in [7, 11) is 0. The summed E-state index contributed by atoms with van der Waals surface area (Å²) in [5, 5.41) is 42.3. The first-order valence-corrected chi connectivity index (χ1v) is 11.8. The van der Waals surface area contributed by atoms with Crippen LogP contribution in [0.5, 0.6) is 0 Å². The van der Waals surface area contributed by atoms with Crippen LogP contribution in [-0.4, -0.2) is 50.6 Å². The fourth-order valence-corrected chi connectivity index (χ4v) is 7.18. The molecule has 1 aromatic heterocycles. The molecule has 30 heavy (non-hydrogen) atoms. The van der Waals surface area contributed by atoms with Crippen LogP contribution in [0.4, 0.5) is 0 Å². The lowest BCUT2D eigenvalue weighted by molar-refractivity contribution is -0.147. The highest BCUT2D eigenvalue weighted by Crippen LogP contribution is 2.54. The number of aliphatic hydroxyl groups excluding tert-OH is 4. The van der Waals surface area contributed by atoms with Crippen LogP contribution in [0.2, 0.25) is 5.02 Å². The van der Waals surface area contributed by atoms with Crippen LogP contribution in [0.15, 0.2) is 42.5 Å². The standard InChI is InChI=1S/C22H21ClO5S2/c23-16-8-13-10-28-22(21(27)20(26)19(25)18(9-24)30-22)15(13)7-12(16)6-14-5-11-3-1-2-4-17(11)29-14/h1-5,7-8,18-21,24-27H,6,9-10H2/t18-,19-,20+,21-,22+/m1/s1. The molecule has 1 spiro atoms. The van der Waals surface area contributed by atoms with E-state index in [1.807, 2.05) is 24.3 Å². The van der Waals surface area contributed by atoms with Gasteiger partial charge in [0, 0.05) is 26.6 Å². The van der Waals surface area contributed by atoms with Gasteiger partial charge in [-0.2, -0.15) is 0 Å². The summed E-state index contributed by atoms with van der Waals surface area (Å²) in [4.78, 5) is -0.0764. The lowest BCUT2D eigenvalue weighted by atomic mass is 9.91. The highest BCUT2D eigenvalue weighted by atomic mass is 35.5. The maximum absolute atomic E-state index is 10.8. The third-order valence-corrected chi connectivity index (χ3v) is 9.01. The van der Waals surface area contributed by atoms with E-state index in [1.165, 1.54) is 15.0 Å². The highest BCUT2D eigenvalue weighted by Gasteiger charge is 2.57. The number of thioether (sulfide) groups is 1. The van der Waals surface area contributed by atoms with E-state index in [-0.39, 0.29) is 13.2 Å². The largest absolute Gasteiger partial charge is 0.395 e. The molecule has 5 rings (SSSR count). The first-order chi connectivity index (χ1) is 14.4. The van der Waals surface area contributed by atoms with Crippen molar-refractivity contribution in [3.63, 3.8) is 0 Å². The van der Waals surface area contributed by atoms with E-state index in [0.717, 1.165) is 28.5 Å². The van der Waals surface area contributed by atoms with Crippen LogP contribution in [0.1, 0.15) is 21.6 Å². The molecular formula is C22H21ClO5S2. The molecule has 2 aliphatic heterocycles. The molecule has 5 atom stereocenters. The van der Waals surface area contributed by atoms with Gasteiger partial charge >= 0.3 is 0 Å². The zero-order valence-electron chi connectivity index (χ0n) is 15.9. The van der Waals surface area contributed by atoms with Gasteiger partial charge in [0.15, 0.2) is 4.93 Å². The van der Waals surface area contributed by atoms with Crippen molar-refractivity contribution in [2.75, 3.05) is 6.61 Å². The van der Waals surface area contributed by atoms with E-state index in [1.54, 1.807) is 11.3 Å². The Morgan fingerprint density at radius 2 is 1.90 bits per heavy atom. The summed E-state index contributed by atoms with van der Waals surface area (Å²) < 4.78 is 7.21. The second-order valence-electron chi connectivity index (χ2n) is 7.75. The van der Waals surface area contributed by atoms with Crippen LogP contribution in [0, 0.1) is 0 Å². The Morgan fingerprint density at radius 3 is 2.67 bits per heavy atom. The molecule has 0 amide bonds. The number of ether oxygens (including phenoxy) is 1. The van der Waals surface area contributed by atoms with E-state index in [4.69, 9.17) is 16.3 Å². The third kappa shape index (κ3) is 3.20. The third-order valence-electron chi connectivity index (χ3n) is 5.88. The molecular weight excluding hydrogens is 444 g/mol. The number of fused-ring (bicyclic) bond motifs is 3. The van der Waals surface area contributed by atoms with Crippen LogP contribution < -0.4 is 0 Å². The Bertz CT molecular complexity index is 1070. The van der Waals surface area contributed by atoms with Crippen molar-refractivity contribution in [1.29, 1.82) is 0 Å². The lowest BCUT2D eigenvalue weighted by Gasteiger charge is -2.45. The normalized spacial score (nSPS) is 30.8. The quantitative estimate of drug-likeness (QED) is 0.476. The van der Waals surface area contributed by atoms with Gasteiger partial charge in [-0.1, -0.05) is 29.8 Å². The number of hydrogen-bond acceptors (Lipinski definition) is 7. The van der Waals surface area contributed by atoms with Crippen molar-refractivity contribution in [1.82, 2.24) is 0 Å². The van der Waals surface area contributed by atoms with Crippen LogP contribution in [-0.2, 0) is 22.7 Å². The average molecular weight is 465 g/mol. The van der Waals surface area contributed by atoms with Gasteiger partial charge in [-0.05, 0) is 40.8 Å². The summed E-state index contributed by atoms with van der Waals surface area (Å²) in [6.45, 7) is -0.0957. The van der Waals surface area contributed by atoms with Crippen LogP contribution in [0.25, 0.3) is 10.1 Å². The Kier molecular flexibility index (Phi) is 5.36. The number of benzene rings is 2. The molecule has 8 heteroatoms. The van der Waals surface area contributed by atoms with Crippen molar-refractivity contribution in [3.8, 4) is 0 Å². The van der Waals surface area contributed by atoms with Gasteiger partial charge in [0.25, 0.3) is 0 Å². The lowest BCUT2D eigenvalue weighted by Crippen LogP contribution is -2.58. The Balaban J connectivity index is 1.54. The monoisotopic (exact) mass is 464 g/mol. The first kappa shape index (κ1) is 20.7.